The first-order valence-electron chi connectivity index (χ1n) is 25.8. The van der Waals surface area contributed by atoms with Gasteiger partial charge >= 0.3 is 16.4 Å². The molecule has 0 aliphatic carbocycles. The van der Waals surface area contributed by atoms with E-state index in [0.717, 1.165) is 66.2 Å². The van der Waals surface area contributed by atoms with Crippen molar-refractivity contribution in [1.82, 2.24) is 21.3 Å². The summed E-state index contributed by atoms with van der Waals surface area (Å²) in [6.45, 7) is 3.65. The SMILES string of the molecule is CCCCCC/C=C\CCCCCCCC(=O)NC1[C@H](O[C@@H]2C(CO)O[C@@H](O[C@@H]3C(CO)O[C@@H](O[C@@H]4C(OS(=O)(=O)O)O[C@@H](O)C(NC(C)=O)[C@H]4O)C(NC(C)=O)[C@H]3O)C(NC(C)=O)[C@H]2O)OC(COC(C)=O)[C@@H](O)[C@@H]1O. The van der Waals surface area contributed by atoms with Crippen molar-refractivity contribution in [2.24, 2.45) is 0 Å². The van der Waals surface area contributed by atoms with Crippen molar-refractivity contribution in [3.8, 4) is 0 Å². The number of carbonyl (C=O) groups is 5. The van der Waals surface area contributed by atoms with Crippen LogP contribution >= 0.6 is 0 Å². The van der Waals surface area contributed by atoms with Crippen LogP contribution < -0.4 is 21.3 Å². The minimum absolute atomic E-state index is 0.00296. The Hall–Kier alpha value is -3.64. The van der Waals surface area contributed by atoms with Gasteiger partial charge in [-0.25, -0.2) is 4.18 Å². The summed E-state index contributed by atoms with van der Waals surface area (Å²) in [4.78, 5) is 62.3. The zero-order valence-electron chi connectivity index (χ0n) is 43.8. The quantitative estimate of drug-likeness (QED) is 0.0149. The van der Waals surface area contributed by atoms with E-state index in [1.54, 1.807) is 0 Å². The molecular formula is C47H80N4O25S. The van der Waals surface area contributed by atoms with Gasteiger partial charge in [-0.15, -0.1) is 0 Å². The maximum Gasteiger partial charge on any atom is 0.399 e. The molecule has 4 fully saturated rings. The molecule has 4 rings (SSSR count). The Bertz CT molecular complexity index is 2010. The van der Waals surface area contributed by atoms with Crippen LogP contribution in [-0.2, 0) is 76.4 Å². The lowest BCUT2D eigenvalue weighted by atomic mass is 9.93. The van der Waals surface area contributed by atoms with Crippen molar-refractivity contribution in [2.45, 2.75) is 234 Å². The first-order valence-corrected chi connectivity index (χ1v) is 27.2. The minimum Gasteiger partial charge on any atom is -0.463 e. The second kappa shape index (κ2) is 32.0. The monoisotopic (exact) mass is 1130 g/mol. The second-order valence-electron chi connectivity index (χ2n) is 19.4. The van der Waals surface area contributed by atoms with Gasteiger partial charge in [-0.05, 0) is 32.1 Å². The number of carbonyl (C=O) groups excluding carboxylic acids is 5. The summed E-state index contributed by atoms with van der Waals surface area (Å²) in [7, 11) is -5.43. The molecule has 444 valence electrons. The maximum atomic E-state index is 13.4. The topological polar surface area (TPSA) is 433 Å². The average molecular weight is 1130 g/mol. The molecule has 30 heteroatoms. The highest BCUT2D eigenvalue weighted by Gasteiger charge is 2.57. The molecule has 0 bridgehead atoms. The van der Waals surface area contributed by atoms with E-state index in [0.29, 0.717) is 6.42 Å². The molecule has 0 aromatic carbocycles. The fraction of sp³-hybridized carbons (Fsp3) is 0.851. The number of aliphatic hydroxyl groups excluding tert-OH is 8. The zero-order valence-corrected chi connectivity index (χ0v) is 44.6. The smallest absolute Gasteiger partial charge is 0.399 e. The predicted molar refractivity (Wildman–Crippen MR) is 260 cm³/mol. The fourth-order valence-corrected chi connectivity index (χ4v) is 9.70. The van der Waals surface area contributed by atoms with Gasteiger partial charge in [0.15, 0.2) is 25.2 Å². The number of hydrogen-bond donors (Lipinski definition) is 13. The minimum atomic E-state index is -5.43. The fourth-order valence-electron chi connectivity index (χ4n) is 9.31. The van der Waals surface area contributed by atoms with Crippen LogP contribution in [0.15, 0.2) is 12.2 Å². The lowest BCUT2D eigenvalue weighted by molar-refractivity contribution is -0.369. The molecule has 4 saturated heterocycles. The Labute approximate surface area is 446 Å². The van der Waals surface area contributed by atoms with E-state index in [2.05, 4.69) is 44.5 Å². The first-order chi connectivity index (χ1) is 36.4. The molecule has 0 aromatic heterocycles. The summed E-state index contributed by atoms with van der Waals surface area (Å²) in [5, 5.41) is 98.9. The molecule has 0 aromatic rings. The molecule has 29 nitrogen and oxygen atoms in total. The van der Waals surface area contributed by atoms with Crippen molar-refractivity contribution >= 4 is 40.0 Å². The van der Waals surface area contributed by atoms with Crippen LogP contribution in [0.2, 0.25) is 0 Å². The third kappa shape index (κ3) is 20.1. The summed E-state index contributed by atoms with van der Waals surface area (Å²) >= 11 is 0. The lowest BCUT2D eigenvalue weighted by Gasteiger charge is -2.50. The number of amides is 4. The Balaban J connectivity index is 1.54. The number of aliphatic hydroxyl groups is 8. The van der Waals surface area contributed by atoms with E-state index in [-0.39, 0.29) is 6.42 Å². The number of unbranched alkanes of at least 4 members (excludes halogenated alkanes) is 9. The molecule has 13 N–H and O–H groups in total. The summed E-state index contributed by atoms with van der Waals surface area (Å²) < 4.78 is 83.5. The van der Waals surface area contributed by atoms with Crippen LogP contribution in [0.1, 0.15) is 112 Å². The highest BCUT2D eigenvalue weighted by molar-refractivity contribution is 7.80. The van der Waals surface area contributed by atoms with Gasteiger partial charge in [-0.1, -0.05) is 57.6 Å². The van der Waals surface area contributed by atoms with Crippen LogP contribution in [0.3, 0.4) is 0 Å². The Kier molecular flexibility index (Phi) is 27.3. The van der Waals surface area contributed by atoms with Crippen molar-refractivity contribution in [1.29, 1.82) is 0 Å². The summed E-state index contributed by atoms with van der Waals surface area (Å²) in [6.07, 6.45) is -15.4. The van der Waals surface area contributed by atoms with Gasteiger partial charge in [0, 0.05) is 34.1 Å². The highest BCUT2D eigenvalue weighted by Crippen LogP contribution is 2.35. The van der Waals surface area contributed by atoms with Crippen molar-refractivity contribution in [3.05, 3.63) is 12.2 Å². The molecule has 4 aliphatic heterocycles. The third-order valence-corrected chi connectivity index (χ3v) is 13.5. The molecule has 4 amide bonds. The van der Waals surface area contributed by atoms with E-state index in [1.165, 1.54) is 25.7 Å². The largest absolute Gasteiger partial charge is 0.463 e. The van der Waals surface area contributed by atoms with Crippen LogP contribution in [0.25, 0.3) is 0 Å². The van der Waals surface area contributed by atoms with Gasteiger partial charge in [0.25, 0.3) is 0 Å². The van der Waals surface area contributed by atoms with E-state index in [9.17, 15) is 77.8 Å². The molecular weight excluding hydrogens is 1050 g/mol. The number of ether oxygens (including phenoxy) is 8. The molecule has 0 radical (unpaired) electrons. The van der Waals surface area contributed by atoms with Crippen molar-refractivity contribution in [2.75, 3.05) is 19.8 Å². The molecule has 0 spiro atoms. The molecule has 4 heterocycles. The predicted octanol–water partition coefficient (Wildman–Crippen LogP) is -3.58. The van der Waals surface area contributed by atoms with Gasteiger partial charge in [-0.3, -0.25) is 28.5 Å². The summed E-state index contributed by atoms with van der Waals surface area (Å²) in [6, 6.07) is -6.84. The zero-order chi connectivity index (χ0) is 57.1. The van der Waals surface area contributed by atoms with Crippen LogP contribution in [0, 0.1) is 0 Å². The standard InChI is InChI=1S/C47H80N4O25S/c1-6-7-8-9-10-11-12-13-14-15-16-17-18-19-30(58)51-32-36(60)35(59)29(22-68-26(5)57)71-44(32)72-40-27(20-52)69-45(33(38(40)62)49-24(3)55)73-41-28(21-53)70-46(34(39(41)63)50-25(4)56)74-42-37(61)31(48-23(2)54)43(64)75-47(42)76-77(65,66)67/h11-12,27-29,31-47,52-53,59-64H,6-10,13-22H2,1-5H3,(H,48,54)(H,49,55)(H,50,56)(H,51,58)(H,65,66,67)/b12-11-/t27?,28?,29?,31?,32?,33?,34?,35-,36-,37-,38-,39-,40-,41-,42+,43-,44+,45+,46+,47?/m1/s1. The van der Waals surface area contributed by atoms with E-state index in [1.807, 2.05) is 0 Å². The number of hydrogen-bond acceptors (Lipinski definition) is 24. The third-order valence-electron chi connectivity index (χ3n) is 13.1. The van der Waals surface area contributed by atoms with Crippen molar-refractivity contribution < 1.29 is 120 Å². The van der Waals surface area contributed by atoms with E-state index in [4.69, 9.17) is 37.9 Å². The second-order valence-corrected chi connectivity index (χ2v) is 20.4. The number of rotatable bonds is 29. The lowest BCUT2D eigenvalue weighted by Crippen LogP contribution is -2.71. The molecule has 4 aliphatic rings. The van der Waals surface area contributed by atoms with Gasteiger partial charge in [0.1, 0.15) is 97.9 Å². The summed E-state index contributed by atoms with van der Waals surface area (Å²) in [5.41, 5.74) is 0. The molecule has 8 unspecified atom stereocenters. The first kappa shape index (κ1) is 65.9. The Morgan fingerprint density at radius 1 is 0.519 bits per heavy atom. The maximum absolute atomic E-state index is 13.4. The van der Waals surface area contributed by atoms with E-state index >= 15 is 0 Å². The van der Waals surface area contributed by atoms with Gasteiger partial charge in [0.05, 0.1) is 13.2 Å². The van der Waals surface area contributed by atoms with Crippen molar-refractivity contribution in [3.63, 3.8) is 0 Å². The number of allylic oxidation sites excluding steroid dienone is 2. The summed E-state index contributed by atoms with van der Waals surface area (Å²) in [5.74, 6) is -3.82. The van der Waals surface area contributed by atoms with Gasteiger partial charge in [0.2, 0.25) is 29.9 Å². The average Bonchev–Trinajstić information content (AvgIpc) is 3.34. The Morgan fingerprint density at radius 3 is 1.42 bits per heavy atom. The Morgan fingerprint density at radius 2 is 0.948 bits per heavy atom. The van der Waals surface area contributed by atoms with Crippen LogP contribution in [0.4, 0.5) is 0 Å². The molecule has 20 atom stereocenters. The molecule has 77 heavy (non-hydrogen) atoms. The number of esters is 1. The van der Waals surface area contributed by atoms with Crippen LogP contribution in [-0.4, -0.2) is 226 Å². The normalized spacial score (nSPS) is 35.7. The van der Waals surface area contributed by atoms with E-state index < -0.39 is 183 Å². The van der Waals surface area contributed by atoms with Crippen LogP contribution in [0.5, 0.6) is 0 Å². The highest BCUT2D eigenvalue weighted by atomic mass is 32.3. The van der Waals surface area contributed by atoms with Gasteiger partial charge in [-0.2, -0.15) is 8.42 Å². The number of nitrogens with one attached hydrogen (secondary N) is 4. The molecule has 0 saturated carbocycles. The van der Waals surface area contributed by atoms with Gasteiger partial charge < -0.3 is 100 Å².